The van der Waals surface area contributed by atoms with Crippen LogP contribution in [0.3, 0.4) is 0 Å². The Kier molecular flexibility index (Phi) is 4.36. The van der Waals surface area contributed by atoms with Crippen LogP contribution in [0.1, 0.15) is 12.8 Å². The van der Waals surface area contributed by atoms with Gasteiger partial charge < -0.3 is 9.90 Å². The summed E-state index contributed by atoms with van der Waals surface area (Å²) in [4.78, 5) is 10.4. The van der Waals surface area contributed by atoms with Crippen molar-refractivity contribution in [2.45, 2.75) is 17.7 Å². The van der Waals surface area contributed by atoms with Crippen molar-refractivity contribution in [1.29, 1.82) is 0 Å². The van der Waals surface area contributed by atoms with E-state index in [1.807, 2.05) is 24.3 Å². The second-order valence-corrected chi connectivity index (χ2v) is 6.15. The Balaban J connectivity index is 2.13. The molecule has 2 aromatic rings. The molecule has 6 heteroatoms. The number of rotatable bonds is 6. The molecule has 0 atom stereocenters. The molecule has 0 heterocycles. The molecule has 2 rings (SSSR count). The van der Waals surface area contributed by atoms with Gasteiger partial charge in [-0.25, -0.2) is 13.1 Å². The van der Waals surface area contributed by atoms with Gasteiger partial charge in [-0.3, -0.25) is 0 Å². The molecule has 2 aromatic carbocycles. The standard InChI is InChI=1S/C14H15NO4S/c16-14(17)6-3-9-15-20(18,19)13-8-7-11-4-1-2-5-12(11)10-13/h1-2,4-5,7-8,10,15H,3,6,9H2,(H,16,17)/p-1. The maximum Gasteiger partial charge on any atom is 0.240 e. The SMILES string of the molecule is O=C([O-])CCCNS(=O)(=O)c1ccc2ccccc2c1. The zero-order valence-electron chi connectivity index (χ0n) is 10.7. The Morgan fingerprint density at radius 1 is 1.10 bits per heavy atom. The fourth-order valence-corrected chi connectivity index (χ4v) is 2.97. The van der Waals surface area contributed by atoms with Gasteiger partial charge in [0.25, 0.3) is 0 Å². The number of carbonyl (C=O) groups is 1. The number of carboxylic acid groups (broad SMARTS) is 1. The van der Waals surface area contributed by atoms with E-state index < -0.39 is 16.0 Å². The number of aliphatic carboxylic acids is 1. The summed E-state index contributed by atoms with van der Waals surface area (Å²) in [5, 5.41) is 12.1. The van der Waals surface area contributed by atoms with Crippen LogP contribution in [0.25, 0.3) is 10.8 Å². The highest BCUT2D eigenvalue weighted by molar-refractivity contribution is 7.89. The van der Waals surface area contributed by atoms with Gasteiger partial charge in [-0.1, -0.05) is 30.3 Å². The van der Waals surface area contributed by atoms with E-state index in [9.17, 15) is 18.3 Å². The molecule has 0 bridgehead atoms. The van der Waals surface area contributed by atoms with Gasteiger partial charge in [0, 0.05) is 12.5 Å². The number of carboxylic acids is 1. The van der Waals surface area contributed by atoms with Gasteiger partial charge in [0.1, 0.15) is 0 Å². The second-order valence-electron chi connectivity index (χ2n) is 4.38. The smallest absolute Gasteiger partial charge is 0.240 e. The number of hydrogen-bond donors (Lipinski definition) is 1. The summed E-state index contributed by atoms with van der Waals surface area (Å²) in [7, 11) is -3.61. The zero-order chi connectivity index (χ0) is 14.6. The Morgan fingerprint density at radius 3 is 2.50 bits per heavy atom. The highest BCUT2D eigenvalue weighted by Crippen LogP contribution is 2.18. The molecule has 0 unspecified atom stereocenters. The lowest BCUT2D eigenvalue weighted by atomic mass is 10.1. The number of fused-ring (bicyclic) bond motifs is 1. The number of nitrogens with one attached hydrogen (secondary N) is 1. The van der Waals surface area contributed by atoms with Crippen molar-refractivity contribution in [3.8, 4) is 0 Å². The average Bonchev–Trinajstić information content (AvgIpc) is 2.43. The number of sulfonamides is 1. The molecule has 0 aliphatic carbocycles. The first kappa shape index (κ1) is 14.5. The lowest BCUT2D eigenvalue weighted by molar-refractivity contribution is -0.305. The van der Waals surface area contributed by atoms with Crippen molar-refractivity contribution in [1.82, 2.24) is 4.72 Å². The molecule has 0 saturated heterocycles. The van der Waals surface area contributed by atoms with Gasteiger partial charge in [0.15, 0.2) is 0 Å². The highest BCUT2D eigenvalue weighted by Gasteiger charge is 2.13. The maximum absolute atomic E-state index is 12.0. The van der Waals surface area contributed by atoms with E-state index in [4.69, 9.17) is 0 Å². The normalized spacial score (nSPS) is 11.6. The molecular formula is C14H14NO4S-. The van der Waals surface area contributed by atoms with Crippen molar-refractivity contribution in [2.75, 3.05) is 6.54 Å². The molecule has 1 N–H and O–H groups in total. The zero-order valence-corrected chi connectivity index (χ0v) is 11.5. The summed E-state index contributed by atoms with van der Waals surface area (Å²) in [6, 6.07) is 12.3. The van der Waals surface area contributed by atoms with Gasteiger partial charge in [0.2, 0.25) is 10.0 Å². The lowest BCUT2D eigenvalue weighted by Gasteiger charge is -2.08. The van der Waals surface area contributed by atoms with Gasteiger partial charge >= 0.3 is 0 Å². The first-order chi connectivity index (χ1) is 9.49. The summed E-state index contributed by atoms with van der Waals surface area (Å²) in [6.45, 7) is 0.0726. The van der Waals surface area contributed by atoms with Crippen molar-refractivity contribution in [3.63, 3.8) is 0 Å². The monoisotopic (exact) mass is 292 g/mol. The topological polar surface area (TPSA) is 86.3 Å². The van der Waals surface area contributed by atoms with E-state index in [-0.39, 0.29) is 24.3 Å². The van der Waals surface area contributed by atoms with E-state index in [1.165, 1.54) is 6.07 Å². The molecule has 106 valence electrons. The third-order valence-electron chi connectivity index (χ3n) is 2.88. The molecule has 0 amide bonds. The van der Waals surface area contributed by atoms with Crippen LogP contribution in [0.15, 0.2) is 47.4 Å². The van der Waals surface area contributed by atoms with Gasteiger partial charge in [0.05, 0.1) is 4.90 Å². The van der Waals surface area contributed by atoms with Gasteiger partial charge in [-0.2, -0.15) is 0 Å². The van der Waals surface area contributed by atoms with E-state index >= 15 is 0 Å². The van der Waals surface area contributed by atoms with Crippen LogP contribution in [0, 0.1) is 0 Å². The quantitative estimate of drug-likeness (QED) is 0.792. The van der Waals surface area contributed by atoms with Crippen LogP contribution in [-0.4, -0.2) is 20.9 Å². The van der Waals surface area contributed by atoms with Gasteiger partial charge in [-0.15, -0.1) is 0 Å². The van der Waals surface area contributed by atoms with Gasteiger partial charge in [-0.05, 0) is 35.7 Å². The number of benzene rings is 2. The number of hydrogen-bond acceptors (Lipinski definition) is 4. The maximum atomic E-state index is 12.0. The van der Waals surface area contributed by atoms with Crippen LogP contribution in [0.5, 0.6) is 0 Å². The Hall–Kier alpha value is -1.92. The number of carbonyl (C=O) groups excluding carboxylic acids is 1. The highest BCUT2D eigenvalue weighted by atomic mass is 32.2. The molecule has 0 fully saturated rings. The second kappa shape index (κ2) is 6.02. The predicted molar refractivity (Wildman–Crippen MR) is 73.4 cm³/mol. The summed E-state index contributed by atoms with van der Waals surface area (Å²) in [6.07, 6.45) is 0.0371. The first-order valence-electron chi connectivity index (χ1n) is 6.17. The molecule has 0 radical (unpaired) electrons. The third-order valence-corrected chi connectivity index (χ3v) is 4.34. The van der Waals surface area contributed by atoms with Crippen LogP contribution >= 0.6 is 0 Å². The van der Waals surface area contributed by atoms with Crippen molar-refractivity contribution in [2.24, 2.45) is 0 Å². The minimum atomic E-state index is -3.61. The predicted octanol–water partition coefficient (Wildman–Crippen LogP) is 0.648. The molecule has 20 heavy (non-hydrogen) atoms. The molecule has 0 aromatic heterocycles. The first-order valence-corrected chi connectivity index (χ1v) is 7.66. The summed E-state index contributed by atoms with van der Waals surface area (Å²) in [5.74, 6) is -1.19. The average molecular weight is 292 g/mol. The van der Waals surface area contributed by atoms with Crippen LogP contribution in [0.2, 0.25) is 0 Å². The van der Waals surface area contributed by atoms with Crippen molar-refractivity contribution in [3.05, 3.63) is 42.5 Å². The van der Waals surface area contributed by atoms with Crippen molar-refractivity contribution < 1.29 is 18.3 Å². The molecule has 0 saturated carbocycles. The summed E-state index contributed by atoms with van der Waals surface area (Å²) in [5.41, 5.74) is 0. The van der Waals surface area contributed by atoms with E-state index in [0.29, 0.717) is 0 Å². The Morgan fingerprint density at radius 2 is 1.80 bits per heavy atom. The van der Waals surface area contributed by atoms with Crippen LogP contribution in [-0.2, 0) is 14.8 Å². The Bertz CT molecular complexity index is 725. The van der Waals surface area contributed by atoms with Crippen molar-refractivity contribution >= 4 is 26.8 Å². The molecule has 0 spiro atoms. The van der Waals surface area contributed by atoms with E-state index in [0.717, 1.165) is 10.8 Å². The molecule has 0 aliphatic heterocycles. The summed E-state index contributed by atoms with van der Waals surface area (Å²) >= 11 is 0. The Labute approximate surface area is 117 Å². The van der Waals surface area contributed by atoms with Crippen LogP contribution in [0.4, 0.5) is 0 Å². The van der Waals surface area contributed by atoms with Crippen LogP contribution < -0.4 is 9.83 Å². The third kappa shape index (κ3) is 3.55. The molecular weight excluding hydrogens is 278 g/mol. The molecule has 5 nitrogen and oxygen atoms in total. The minimum Gasteiger partial charge on any atom is -0.550 e. The largest absolute Gasteiger partial charge is 0.550 e. The lowest BCUT2D eigenvalue weighted by Crippen LogP contribution is -2.27. The molecule has 0 aliphatic rings. The van der Waals surface area contributed by atoms with E-state index in [2.05, 4.69) is 4.72 Å². The fraction of sp³-hybridized carbons (Fsp3) is 0.214. The summed E-state index contributed by atoms with van der Waals surface area (Å²) < 4.78 is 26.5. The fourth-order valence-electron chi connectivity index (χ4n) is 1.86. The van der Waals surface area contributed by atoms with E-state index in [1.54, 1.807) is 12.1 Å². The minimum absolute atomic E-state index is 0.0726.